The van der Waals surface area contributed by atoms with E-state index in [1.807, 2.05) is 0 Å². The van der Waals surface area contributed by atoms with Gasteiger partial charge in [0.2, 0.25) is 0 Å². The molecule has 0 fully saturated rings. The Kier molecular flexibility index (Phi) is 5.80. The summed E-state index contributed by atoms with van der Waals surface area (Å²) in [6, 6.07) is 10.8. The second-order valence-corrected chi connectivity index (χ2v) is 6.47. The highest BCUT2D eigenvalue weighted by molar-refractivity contribution is 6.50. The Hall–Kier alpha value is -3.01. The third kappa shape index (κ3) is 4.76. The Balaban J connectivity index is 1.81. The molecule has 158 valence electrons. The van der Waals surface area contributed by atoms with E-state index in [9.17, 15) is 31.1 Å². The third-order valence-corrected chi connectivity index (χ3v) is 4.14. The predicted molar refractivity (Wildman–Crippen MR) is 99.1 cm³/mol. The highest BCUT2D eigenvalue weighted by Gasteiger charge is 2.59. The molecule has 30 heavy (non-hydrogen) atoms. The Bertz CT molecular complexity index is 1140. The summed E-state index contributed by atoms with van der Waals surface area (Å²) in [6.07, 6.45) is -14.0. The summed E-state index contributed by atoms with van der Waals surface area (Å²) in [5.74, 6) is -0.630. The molecule has 0 aliphatic heterocycles. The summed E-state index contributed by atoms with van der Waals surface area (Å²) in [5.41, 5.74) is 0.317. The lowest BCUT2D eigenvalue weighted by Crippen LogP contribution is -2.45. The second kappa shape index (κ2) is 8.02. The summed E-state index contributed by atoms with van der Waals surface area (Å²) >= 11 is 6.15. The maximum absolute atomic E-state index is 13.3. The zero-order valence-corrected chi connectivity index (χ0v) is 15.4. The Morgan fingerprint density at radius 1 is 1.07 bits per heavy atom. The average Bonchev–Trinajstić information content (AvgIpc) is 2.68. The number of hydrogen-bond donors (Lipinski definition) is 1. The number of ether oxygens (including phenoxy) is 1. The fourth-order valence-corrected chi connectivity index (χ4v) is 2.66. The Labute approximate surface area is 169 Å². The molecule has 0 bridgehead atoms. The quantitative estimate of drug-likeness (QED) is 0.522. The molecule has 3 rings (SSSR count). The van der Waals surface area contributed by atoms with E-state index in [2.05, 4.69) is 14.7 Å². The highest BCUT2D eigenvalue weighted by atomic mass is 35.5. The smallest absolute Gasteiger partial charge is 0.430 e. The fraction of sp³-hybridized carbons (Fsp3) is 0.158. The van der Waals surface area contributed by atoms with Crippen LogP contribution in [0.4, 0.5) is 26.3 Å². The number of para-hydroxylation sites is 1. The van der Waals surface area contributed by atoms with E-state index >= 15 is 0 Å². The molecule has 1 heterocycles. The van der Waals surface area contributed by atoms with Gasteiger partial charge in [0.15, 0.2) is 5.82 Å². The first-order valence-electron chi connectivity index (χ1n) is 8.22. The van der Waals surface area contributed by atoms with Gasteiger partial charge in [0, 0.05) is 0 Å². The second-order valence-electron chi connectivity index (χ2n) is 6.06. The minimum atomic E-state index is -5.77. The molecule has 0 saturated carbocycles. The average molecular weight is 449 g/mol. The van der Waals surface area contributed by atoms with E-state index in [1.54, 1.807) is 24.3 Å². The largest absolute Gasteiger partial charge is 0.439 e. The van der Waals surface area contributed by atoms with Crippen LogP contribution in [0, 0.1) is 0 Å². The minimum Gasteiger partial charge on any atom is -0.430 e. The van der Waals surface area contributed by atoms with Crippen LogP contribution in [0.15, 0.2) is 53.3 Å². The fourth-order valence-electron chi connectivity index (χ4n) is 2.45. The molecule has 1 N–H and O–H groups in total. The number of H-pyrrole nitrogens is 1. The van der Waals surface area contributed by atoms with E-state index in [1.165, 1.54) is 18.2 Å². The summed E-state index contributed by atoms with van der Waals surface area (Å²) in [6.45, 7) is 0. The first kappa shape index (κ1) is 21.7. The highest BCUT2D eigenvalue weighted by Crippen LogP contribution is 2.36. The van der Waals surface area contributed by atoms with Gasteiger partial charge in [0.05, 0.1) is 15.9 Å². The third-order valence-electron chi connectivity index (χ3n) is 3.85. The molecular weight excluding hydrogens is 438 g/mol. The van der Waals surface area contributed by atoms with Gasteiger partial charge in [0.1, 0.15) is 5.75 Å². The maximum Gasteiger partial charge on any atom is 0.439 e. The molecule has 0 saturated heterocycles. The standard InChI is InChI=1S/C19H11ClF6N2O2/c20-13(15-27-14-4-2-1-3-12(14)16(29)28-15)9-10-5-7-11(8-6-10)30-19(25,26)17(21)18(22,23)24/h1-9,17H,(H,27,28,29)/b13-9-/t17-/m0/s1. The van der Waals surface area contributed by atoms with Crippen molar-refractivity contribution in [1.82, 2.24) is 9.97 Å². The molecule has 1 atom stereocenters. The van der Waals surface area contributed by atoms with E-state index in [0.717, 1.165) is 12.1 Å². The SMILES string of the molecule is O=c1[nH]c(/C(Cl)=C/c2ccc(OC(F)(F)[C@@H](F)C(F)(F)F)cc2)nc2ccccc12. The number of fused-ring (bicyclic) bond motifs is 1. The number of benzene rings is 2. The molecule has 0 aliphatic carbocycles. The lowest BCUT2D eigenvalue weighted by atomic mass is 10.2. The van der Waals surface area contributed by atoms with Crippen LogP contribution < -0.4 is 10.3 Å². The minimum absolute atomic E-state index is 0.0118. The van der Waals surface area contributed by atoms with Crippen molar-refractivity contribution in [2.24, 2.45) is 0 Å². The predicted octanol–water partition coefficient (Wildman–Crippen LogP) is 5.53. The number of alkyl halides is 6. The lowest BCUT2D eigenvalue weighted by Gasteiger charge is -2.23. The normalized spacial score (nSPS) is 14.0. The monoisotopic (exact) mass is 448 g/mol. The number of halogens is 7. The van der Waals surface area contributed by atoms with Crippen LogP contribution in [0.1, 0.15) is 11.4 Å². The van der Waals surface area contributed by atoms with Gasteiger partial charge in [-0.1, -0.05) is 35.9 Å². The molecule has 4 nitrogen and oxygen atoms in total. The molecule has 0 unspecified atom stereocenters. The first-order chi connectivity index (χ1) is 14.0. The van der Waals surface area contributed by atoms with Crippen LogP contribution in [0.5, 0.6) is 5.75 Å². The van der Waals surface area contributed by atoms with Crippen LogP contribution >= 0.6 is 11.6 Å². The number of rotatable bonds is 5. The van der Waals surface area contributed by atoms with Crippen LogP contribution in [0.25, 0.3) is 22.0 Å². The van der Waals surface area contributed by atoms with Gasteiger partial charge in [-0.25, -0.2) is 9.37 Å². The van der Waals surface area contributed by atoms with Crippen LogP contribution in [-0.4, -0.2) is 28.4 Å². The number of nitrogens with zero attached hydrogens (tertiary/aromatic N) is 1. The van der Waals surface area contributed by atoms with Crippen LogP contribution in [0.2, 0.25) is 0 Å². The van der Waals surface area contributed by atoms with Crippen molar-refractivity contribution >= 4 is 33.6 Å². The van der Waals surface area contributed by atoms with Gasteiger partial charge >= 0.3 is 12.3 Å². The molecule has 0 spiro atoms. The van der Waals surface area contributed by atoms with E-state index < -0.39 is 29.8 Å². The lowest BCUT2D eigenvalue weighted by molar-refractivity contribution is -0.304. The van der Waals surface area contributed by atoms with Gasteiger partial charge in [-0.2, -0.15) is 22.0 Å². The molecule has 2 aromatic carbocycles. The van der Waals surface area contributed by atoms with Crippen LogP contribution in [-0.2, 0) is 0 Å². The number of nitrogens with one attached hydrogen (secondary N) is 1. The van der Waals surface area contributed by atoms with Gasteiger partial charge in [-0.05, 0) is 35.9 Å². The Morgan fingerprint density at radius 3 is 2.33 bits per heavy atom. The summed E-state index contributed by atoms with van der Waals surface area (Å²) in [4.78, 5) is 18.8. The molecular formula is C19H11ClF6N2O2. The topological polar surface area (TPSA) is 55.0 Å². The first-order valence-corrected chi connectivity index (χ1v) is 8.59. The zero-order valence-electron chi connectivity index (χ0n) is 14.7. The van der Waals surface area contributed by atoms with Crippen molar-refractivity contribution in [3.63, 3.8) is 0 Å². The number of aromatic amines is 1. The summed E-state index contributed by atoms with van der Waals surface area (Å²) in [7, 11) is 0. The van der Waals surface area contributed by atoms with Crippen molar-refractivity contribution in [3.8, 4) is 5.75 Å². The van der Waals surface area contributed by atoms with E-state index in [-0.39, 0.29) is 10.9 Å². The van der Waals surface area contributed by atoms with Crippen molar-refractivity contribution < 1.29 is 31.1 Å². The molecule has 11 heteroatoms. The summed E-state index contributed by atoms with van der Waals surface area (Å²) in [5, 5.41) is 0.371. The van der Waals surface area contributed by atoms with Gasteiger partial charge in [-0.3, -0.25) is 4.79 Å². The van der Waals surface area contributed by atoms with Crippen molar-refractivity contribution in [2.45, 2.75) is 18.5 Å². The van der Waals surface area contributed by atoms with Crippen molar-refractivity contribution in [1.29, 1.82) is 0 Å². The summed E-state index contributed by atoms with van der Waals surface area (Å²) < 4.78 is 79.8. The van der Waals surface area contributed by atoms with Gasteiger partial charge in [0.25, 0.3) is 11.7 Å². The van der Waals surface area contributed by atoms with E-state index in [0.29, 0.717) is 16.5 Å². The molecule has 0 radical (unpaired) electrons. The van der Waals surface area contributed by atoms with Crippen LogP contribution in [0.3, 0.4) is 0 Å². The Morgan fingerprint density at radius 2 is 1.70 bits per heavy atom. The number of hydrogen-bond acceptors (Lipinski definition) is 3. The molecule has 1 aromatic heterocycles. The van der Waals surface area contributed by atoms with Gasteiger partial charge < -0.3 is 9.72 Å². The van der Waals surface area contributed by atoms with E-state index in [4.69, 9.17) is 11.6 Å². The van der Waals surface area contributed by atoms with Crippen molar-refractivity contribution in [3.05, 3.63) is 70.3 Å². The molecule has 0 aliphatic rings. The van der Waals surface area contributed by atoms with Crippen molar-refractivity contribution in [2.75, 3.05) is 0 Å². The maximum atomic E-state index is 13.3. The zero-order chi connectivity index (χ0) is 22.1. The molecule has 3 aromatic rings. The van der Waals surface area contributed by atoms with Gasteiger partial charge in [-0.15, -0.1) is 0 Å². The molecule has 0 amide bonds. The number of aromatic nitrogens is 2.